The fourth-order valence-electron chi connectivity index (χ4n) is 2.37. The number of halogens is 3. The Hall–Kier alpha value is -1.02. The summed E-state index contributed by atoms with van der Waals surface area (Å²) in [5.41, 5.74) is 0. The highest BCUT2D eigenvalue weighted by Crippen LogP contribution is 2.22. The molecule has 0 aromatic carbocycles. The maximum atomic E-state index is 12.2. The van der Waals surface area contributed by atoms with Gasteiger partial charge >= 0.3 is 12.2 Å². The highest BCUT2D eigenvalue weighted by Gasteiger charge is 2.34. The zero-order chi connectivity index (χ0) is 15.9. The second kappa shape index (κ2) is 8.43. The van der Waals surface area contributed by atoms with Gasteiger partial charge in [0.1, 0.15) is 0 Å². The fraction of sp³-hybridized carbons (Fsp3) is 0.923. The van der Waals surface area contributed by atoms with Crippen LogP contribution in [0.2, 0.25) is 0 Å². The van der Waals surface area contributed by atoms with Crippen LogP contribution in [0.25, 0.3) is 0 Å². The van der Waals surface area contributed by atoms with E-state index in [0.717, 1.165) is 0 Å². The average molecular weight is 311 g/mol. The number of alkyl halides is 3. The van der Waals surface area contributed by atoms with E-state index in [1.54, 1.807) is 0 Å². The van der Waals surface area contributed by atoms with Gasteiger partial charge in [0.05, 0.1) is 6.54 Å². The topological polar surface area (TPSA) is 64.6 Å². The van der Waals surface area contributed by atoms with E-state index < -0.39 is 12.7 Å². The second-order valence-electron chi connectivity index (χ2n) is 5.71. The van der Waals surface area contributed by atoms with E-state index in [1.807, 2.05) is 6.92 Å². The Balaban J connectivity index is 2.14. The third-order valence-electron chi connectivity index (χ3n) is 3.56. The summed E-state index contributed by atoms with van der Waals surface area (Å²) in [5, 5.41) is 14.1. The Bertz CT molecular complexity index is 326. The molecule has 1 heterocycles. The van der Waals surface area contributed by atoms with Gasteiger partial charge in [-0.15, -0.1) is 0 Å². The van der Waals surface area contributed by atoms with Gasteiger partial charge in [-0.2, -0.15) is 13.2 Å². The van der Waals surface area contributed by atoms with Crippen molar-refractivity contribution in [1.29, 1.82) is 0 Å². The molecule has 0 aliphatic carbocycles. The molecule has 21 heavy (non-hydrogen) atoms. The minimum absolute atomic E-state index is 0.0629. The smallest absolute Gasteiger partial charge is 0.396 e. The van der Waals surface area contributed by atoms with Crippen LogP contribution in [0.15, 0.2) is 0 Å². The van der Waals surface area contributed by atoms with E-state index in [-0.39, 0.29) is 24.5 Å². The monoisotopic (exact) mass is 311 g/mol. The minimum Gasteiger partial charge on any atom is -0.396 e. The zero-order valence-corrected chi connectivity index (χ0v) is 12.2. The molecule has 3 N–H and O–H groups in total. The molecule has 2 amide bonds. The van der Waals surface area contributed by atoms with Gasteiger partial charge in [-0.05, 0) is 31.2 Å². The summed E-state index contributed by atoms with van der Waals surface area (Å²) in [6.45, 7) is 2.76. The third-order valence-corrected chi connectivity index (χ3v) is 3.56. The summed E-state index contributed by atoms with van der Waals surface area (Å²) in [5.74, 6) is 0.252. The molecule has 2 unspecified atom stereocenters. The highest BCUT2D eigenvalue weighted by atomic mass is 19.4. The fourth-order valence-corrected chi connectivity index (χ4v) is 2.37. The highest BCUT2D eigenvalue weighted by molar-refractivity contribution is 5.73. The molecule has 0 bridgehead atoms. The van der Waals surface area contributed by atoms with Crippen LogP contribution in [0.4, 0.5) is 18.0 Å². The molecule has 0 saturated carbocycles. The minimum atomic E-state index is -4.16. The molecule has 0 aromatic rings. The summed E-state index contributed by atoms with van der Waals surface area (Å²) in [6, 6.07) is -0.311. The lowest BCUT2D eigenvalue weighted by molar-refractivity contribution is -0.143. The van der Waals surface area contributed by atoms with Gasteiger partial charge in [-0.25, -0.2) is 4.79 Å². The van der Waals surface area contributed by atoms with Crippen LogP contribution in [-0.2, 0) is 0 Å². The van der Waals surface area contributed by atoms with E-state index in [0.29, 0.717) is 39.0 Å². The van der Waals surface area contributed by atoms with E-state index >= 15 is 0 Å². The van der Waals surface area contributed by atoms with Crippen molar-refractivity contribution in [2.75, 3.05) is 39.3 Å². The molecular weight excluding hydrogens is 287 g/mol. The standard InChI is InChI=1S/C13H24F3N3O2/c1-10(3-5-20)6-17-12(21)18-7-11-2-4-19(8-11)9-13(14,15)16/h10-11,20H,2-9H2,1H3,(H2,17,18,21). The summed E-state index contributed by atoms with van der Waals surface area (Å²) in [7, 11) is 0. The number of urea groups is 1. The number of hydrogen-bond acceptors (Lipinski definition) is 3. The molecule has 8 heteroatoms. The Morgan fingerprint density at radius 2 is 2.14 bits per heavy atom. The van der Waals surface area contributed by atoms with Gasteiger partial charge in [0.15, 0.2) is 0 Å². The van der Waals surface area contributed by atoms with E-state index in [4.69, 9.17) is 5.11 Å². The second-order valence-corrected chi connectivity index (χ2v) is 5.71. The predicted octanol–water partition coefficient (Wildman–Crippen LogP) is 1.19. The Morgan fingerprint density at radius 1 is 1.43 bits per heavy atom. The molecule has 124 valence electrons. The number of rotatable bonds is 7. The first-order chi connectivity index (χ1) is 9.80. The summed E-state index contributed by atoms with van der Waals surface area (Å²) < 4.78 is 36.7. The van der Waals surface area contributed by atoms with Crippen molar-refractivity contribution in [1.82, 2.24) is 15.5 Å². The summed E-state index contributed by atoms with van der Waals surface area (Å²) >= 11 is 0. The number of amides is 2. The maximum absolute atomic E-state index is 12.2. The first-order valence-electron chi connectivity index (χ1n) is 7.22. The van der Waals surface area contributed by atoms with Gasteiger partial charge in [0.2, 0.25) is 0 Å². The number of aliphatic hydroxyl groups is 1. The van der Waals surface area contributed by atoms with E-state index in [9.17, 15) is 18.0 Å². The predicted molar refractivity (Wildman–Crippen MR) is 72.9 cm³/mol. The lowest BCUT2D eigenvalue weighted by Crippen LogP contribution is -2.41. The molecule has 0 radical (unpaired) electrons. The molecule has 2 atom stereocenters. The number of hydrogen-bond donors (Lipinski definition) is 3. The Morgan fingerprint density at radius 3 is 2.76 bits per heavy atom. The van der Waals surface area contributed by atoms with Crippen LogP contribution >= 0.6 is 0 Å². The van der Waals surface area contributed by atoms with Gasteiger partial charge in [-0.3, -0.25) is 4.90 Å². The molecule has 1 saturated heterocycles. The van der Waals surface area contributed by atoms with Crippen molar-refractivity contribution in [2.24, 2.45) is 11.8 Å². The van der Waals surface area contributed by atoms with Gasteiger partial charge in [-0.1, -0.05) is 6.92 Å². The van der Waals surface area contributed by atoms with E-state index in [1.165, 1.54) is 4.90 Å². The SMILES string of the molecule is CC(CCO)CNC(=O)NCC1CCN(CC(F)(F)F)C1. The molecule has 1 rings (SSSR count). The number of likely N-dealkylation sites (tertiary alicyclic amines) is 1. The third kappa shape index (κ3) is 8.11. The van der Waals surface area contributed by atoms with Crippen LogP contribution in [0.1, 0.15) is 19.8 Å². The van der Waals surface area contributed by atoms with Crippen molar-refractivity contribution >= 4 is 6.03 Å². The average Bonchev–Trinajstić information content (AvgIpc) is 2.79. The molecular formula is C13H24F3N3O2. The first-order valence-corrected chi connectivity index (χ1v) is 7.22. The zero-order valence-electron chi connectivity index (χ0n) is 12.2. The summed E-state index contributed by atoms with van der Waals surface area (Å²) in [4.78, 5) is 12.9. The molecule has 5 nitrogen and oxygen atoms in total. The van der Waals surface area contributed by atoms with Crippen molar-refractivity contribution in [2.45, 2.75) is 25.9 Å². The molecule has 0 spiro atoms. The maximum Gasteiger partial charge on any atom is 0.401 e. The number of nitrogens with one attached hydrogen (secondary N) is 2. The van der Waals surface area contributed by atoms with Crippen molar-refractivity contribution in [3.8, 4) is 0 Å². The van der Waals surface area contributed by atoms with Crippen LogP contribution in [0.3, 0.4) is 0 Å². The molecule has 1 fully saturated rings. The summed E-state index contributed by atoms with van der Waals surface area (Å²) in [6.07, 6.45) is -2.88. The van der Waals surface area contributed by atoms with Crippen LogP contribution in [0, 0.1) is 11.8 Å². The van der Waals surface area contributed by atoms with Gasteiger partial charge < -0.3 is 15.7 Å². The molecule has 1 aliphatic heterocycles. The molecule has 0 aromatic heterocycles. The lowest BCUT2D eigenvalue weighted by Gasteiger charge is -2.18. The largest absolute Gasteiger partial charge is 0.401 e. The van der Waals surface area contributed by atoms with Crippen molar-refractivity contribution in [3.05, 3.63) is 0 Å². The van der Waals surface area contributed by atoms with Crippen LogP contribution in [-0.4, -0.2) is 61.5 Å². The lowest BCUT2D eigenvalue weighted by atomic mass is 10.1. The number of carbonyl (C=O) groups is 1. The number of aliphatic hydroxyl groups excluding tert-OH is 1. The van der Waals surface area contributed by atoms with Gasteiger partial charge in [0.25, 0.3) is 0 Å². The first kappa shape index (κ1) is 18.0. The normalized spacial score (nSPS) is 21.3. The van der Waals surface area contributed by atoms with Gasteiger partial charge in [0, 0.05) is 26.2 Å². The van der Waals surface area contributed by atoms with Crippen molar-refractivity contribution in [3.63, 3.8) is 0 Å². The quantitative estimate of drug-likeness (QED) is 0.662. The Labute approximate surface area is 122 Å². The molecule has 1 aliphatic rings. The van der Waals surface area contributed by atoms with Crippen LogP contribution in [0.5, 0.6) is 0 Å². The Kier molecular flexibility index (Phi) is 7.24. The van der Waals surface area contributed by atoms with E-state index in [2.05, 4.69) is 10.6 Å². The number of carbonyl (C=O) groups excluding carboxylic acids is 1. The van der Waals surface area contributed by atoms with Crippen LogP contribution < -0.4 is 10.6 Å². The number of nitrogens with zero attached hydrogens (tertiary/aromatic N) is 1. The van der Waals surface area contributed by atoms with Crippen molar-refractivity contribution < 1.29 is 23.1 Å².